The summed E-state index contributed by atoms with van der Waals surface area (Å²) in [7, 11) is 0. The van der Waals surface area contributed by atoms with Gasteiger partial charge in [-0.15, -0.1) is 0 Å². The van der Waals surface area contributed by atoms with Gasteiger partial charge in [0.1, 0.15) is 0 Å². The number of pyridine rings is 1. The smallest absolute Gasteiger partial charge is 0.0761 e. The third-order valence-electron chi connectivity index (χ3n) is 4.40. The summed E-state index contributed by atoms with van der Waals surface area (Å²) in [5, 5.41) is 1.18. The van der Waals surface area contributed by atoms with Crippen LogP contribution in [0.25, 0.3) is 10.9 Å². The second-order valence-corrected chi connectivity index (χ2v) is 6.25. The lowest BCUT2D eigenvalue weighted by Crippen LogP contribution is -2.28. The molecule has 1 aliphatic heterocycles. The first-order valence-corrected chi connectivity index (χ1v) is 8.02. The van der Waals surface area contributed by atoms with Crippen molar-refractivity contribution in [2.24, 2.45) is 11.7 Å². The largest absolute Gasteiger partial charge is 0.330 e. The van der Waals surface area contributed by atoms with Crippen LogP contribution in [0.2, 0.25) is 0 Å². The van der Waals surface area contributed by atoms with Crippen LogP contribution < -0.4 is 5.73 Å². The molecule has 0 saturated carbocycles. The van der Waals surface area contributed by atoms with Crippen LogP contribution in [0.15, 0.2) is 34.9 Å². The summed E-state index contributed by atoms with van der Waals surface area (Å²) in [5.41, 5.74) is 8.42. The predicted octanol–water partition coefficient (Wildman–Crippen LogP) is 3.34. The molecule has 2 aromatic rings. The monoisotopic (exact) mass is 333 g/mol. The lowest BCUT2D eigenvalue weighted by atomic mass is 9.92. The minimum atomic E-state index is 0.399. The lowest BCUT2D eigenvalue weighted by molar-refractivity contribution is 0.243. The van der Waals surface area contributed by atoms with Crippen LogP contribution in [-0.4, -0.2) is 29.5 Å². The number of aromatic nitrogens is 1. The molecule has 2 N–H and O–H groups in total. The van der Waals surface area contributed by atoms with Crippen LogP contribution in [-0.2, 0) is 0 Å². The number of nitrogens with two attached hydrogens (primary N) is 1. The van der Waals surface area contributed by atoms with E-state index in [1.807, 2.05) is 12.3 Å². The highest BCUT2D eigenvalue weighted by Crippen LogP contribution is 2.40. The molecule has 106 valence electrons. The summed E-state index contributed by atoms with van der Waals surface area (Å²) >= 11 is 3.63. The molecular formula is C16H20BrN3. The van der Waals surface area contributed by atoms with Crippen molar-refractivity contribution in [1.82, 2.24) is 9.88 Å². The fraction of sp³-hybridized carbons (Fsp3) is 0.438. The van der Waals surface area contributed by atoms with E-state index in [9.17, 15) is 0 Å². The Morgan fingerprint density at radius 2 is 2.25 bits per heavy atom. The van der Waals surface area contributed by atoms with Crippen molar-refractivity contribution in [3.63, 3.8) is 0 Å². The maximum absolute atomic E-state index is 6.00. The molecule has 3 rings (SSSR count). The van der Waals surface area contributed by atoms with E-state index in [0.29, 0.717) is 12.0 Å². The molecule has 0 amide bonds. The molecule has 0 aliphatic carbocycles. The zero-order chi connectivity index (χ0) is 14.1. The Kier molecular flexibility index (Phi) is 4.06. The van der Waals surface area contributed by atoms with Gasteiger partial charge in [0, 0.05) is 22.1 Å². The van der Waals surface area contributed by atoms with Gasteiger partial charge in [0.15, 0.2) is 0 Å². The Balaban J connectivity index is 2.15. The standard InChI is InChI=1S/C16H20BrN3/c1-2-20-9-7-11(10-18)16(20)13-5-6-14(17)12-4-3-8-19-15(12)13/h3-6,8,11,16H,2,7,9-10,18H2,1H3. The Morgan fingerprint density at radius 1 is 1.40 bits per heavy atom. The fourth-order valence-electron chi connectivity index (χ4n) is 3.38. The van der Waals surface area contributed by atoms with Gasteiger partial charge in [-0.05, 0) is 49.7 Å². The average molecular weight is 334 g/mol. The van der Waals surface area contributed by atoms with E-state index < -0.39 is 0 Å². The Bertz CT molecular complexity index is 602. The molecule has 4 heteroatoms. The maximum Gasteiger partial charge on any atom is 0.0761 e. The van der Waals surface area contributed by atoms with Crippen molar-refractivity contribution in [1.29, 1.82) is 0 Å². The minimum Gasteiger partial charge on any atom is -0.330 e. The normalized spacial score (nSPS) is 23.6. The fourth-order valence-corrected chi connectivity index (χ4v) is 3.83. The van der Waals surface area contributed by atoms with Crippen LogP contribution in [0.3, 0.4) is 0 Å². The highest BCUT2D eigenvalue weighted by molar-refractivity contribution is 9.10. The number of likely N-dealkylation sites (tertiary alicyclic amines) is 1. The summed E-state index contributed by atoms with van der Waals surface area (Å²) in [6, 6.07) is 8.86. The molecule has 0 bridgehead atoms. The van der Waals surface area contributed by atoms with Gasteiger partial charge in [0.25, 0.3) is 0 Å². The molecule has 1 aromatic carbocycles. The quantitative estimate of drug-likeness (QED) is 0.936. The second-order valence-electron chi connectivity index (χ2n) is 5.39. The highest BCUT2D eigenvalue weighted by atomic mass is 79.9. The number of hydrogen-bond acceptors (Lipinski definition) is 3. The first kappa shape index (κ1) is 14.0. The third kappa shape index (κ3) is 2.26. The molecule has 3 nitrogen and oxygen atoms in total. The van der Waals surface area contributed by atoms with Crippen LogP contribution in [0.1, 0.15) is 24.9 Å². The van der Waals surface area contributed by atoms with Crippen LogP contribution >= 0.6 is 15.9 Å². The summed E-state index contributed by atoms with van der Waals surface area (Å²) in [6.07, 6.45) is 3.06. The first-order chi connectivity index (χ1) is 9.76. The molecule has 0 spiro atoms. The molecule has 1 saturated heterocycles. The van der Waals surface area contributed by atoms with Gasteiger partial charge in [0.2, 0.25) is 0 Å². The Labute approximate surface area is 128 Å². The number of fused-ring (bicyclic) bond motifs is 1. The zero-order valence-corrected chi connectivity index (χ0v) is 13.3. The van der Waals surface area contributed by atoms with E-state index in [4.69, 9.17) is 5.73 Å². The number of benzene rings is 1. The van der Waals surface area contributed by atoms with Crippen LogP contribution in [0.4, 0.5) is 0 Å². The van der Waals surface area contributed by atoms with E-state index in [-0.39, 0.29) is 0 Å². The van der Waals surface area contributed by atoms with Crippen molar-refractivity contribution in [2.75, 3.05) is 19.6 Å². The summed E-state index contributed by atoms with van der Waals surface area (Å²) in [4.78, 5) is 7.15. The molecule has 1 aromatic heterocycles. The number of halogens is 1. The summed E-state index contributed by atoms with van der Waals surface area (Å²) in [6.45, 7) is 5.16. The predicted molar refractivity (Wildman–Crippen MR) is 86.6 cm³/mol. The van der Waals surface area contributed by atoms with Gasteiger partial charge >= 0.3 is 0 Å². The number of nitrogens with zero attached hydrogens (tertiary/aromatic N) is 2. The van der Waals surface area contributed by atoms with Gasteiger partial charge in [-0.25, -0.2) is 0 Å². The van der Waals surface area contributed by atoms with Crippen LogP contribution in [0, 0.1) is 5.92 Å². The average Bonchev–Trinajstić information content (AvgIpc) is 2.91. The molecule has 2 unspecified atom stereocenters. The second kappa shape index (κ2) is 5.80. The summed E-state index contributed by atoms with van der Waals surface area (Å²) < 4.78 is 1.11. The minimum absolute atomic E-state index is 0.399. The Morgan fingerprint density at radius 3 is 3.00 bits per heavy atom. The van der Waals surface area contributed by atoms with Gasteiger partial charge < -0.3 is 5.73 Å². The maximum atomic E-state index is 6.00. The molecule has 1 aliphatic rings. The molecule has 20 heavy (non-hydrogen) atoms. The highest BCUT2D eigenvalue weighted by Gasteiger charge is 2.34. The van der Waals surface area contributed by atoms with Crippen molar-refractivity contribution >= 4 is 26.8 Å². The van der Waals surface area contributed by atoms with Crippen LogP contribution in [0.5, 0.6) is 0 Å². The van der Waals surface area contributed by atoms with E-state index >= 15 is 0 Å². The molecular weight excluding hydrogens is 314 g/mol. The summed E-state index contributed by atoms with van der Waals surface area (Å²) in [5.74, 6) is 0.529. The van der Waals surface area contributed by atoms with Gasteiger partial charge in [-0.3, -0.25) is 9.88 Å². The molecule has 2 heterocycles. The van der Waals surface area contributed by atoms with Gasteiger partial charge in [0.05, 0.1) is 5.52 Å². The van der Waals surface area contributed by atoms with Crippen molar-refractivity contribution in [3.8, 4) is 0 Å². The van der Waals surface area contributed by atoms with Crippen molar-refractivity contribution in [3.05, 3.63) is 40.5 Å². The van der Waals surface area contributed by atoms with E-state index in [0.717, 1.165) is 29.6 Å². The molecule has 0 radical (unpaired) electrons. The van der Waals surface area contributed by atoms with E-state index in [1.54, 1.807) is 0 Å². The molecule has 2 atom stereocenters. The zero-order valence-electron chi connectivity index (χ0n) is 11.7. The first-order valence-electron chi connectivity index (χ1n) is 7.23. The molecule has 1 fully saturated rings. The van der Waals surface area contributed by atoms with Gasteiger partial charge in [-0.1, -0.05) is 35.0 Å². The number of hydrogen-bond donors (Lipinski definition) is 1. The van der Waals surface area contributed by atoms with Crippen molar-refractivity contribution in [2.45, 2.75) is 19.4 Å². The van der Waals surface area contributed by atoms with E-state index in [1.165, 1.54) is 17.4 Å². The SMILES string of the molecule is CCN1CCC(CN)C1c1ccc(Br)c2cccnc12. The third-order valence-corrected chi connectivity index (χ3v) is 5.09. The van der Waals surface area contributed by atoms with Crippen molar-refractivity contribution < 1.29 is 0 Å². The topological polar surface area (TPSA) is 42.1 Å². The van der Waals surface area contributed by atoms with E-state index in [2.05, 4.69) is 50.9 Å². The Hall–Kier alpha value is -0.970. The van der Waals surface area contributed by atoms with Gasteiger partial charge in [-0.2, -0.15) is 0 Å². The number of rotatable bonds is 3. The lowest BCUT2D eigenvalue weighted by Gasteiger charge is -2.28.